The molecule has 3 rings (SSSR count). The van der Waals surface area contributed by atoms with Gasteiger partial charge in [-0.15, -0.1) is 0 Å². The van der Waals surface area contributed by atoms with Gasteiger partial charge in [-0.3, -0.25) is 9.78 Å². The number of aromatic nitrogens is 1. The zero-order chi connectivity index (χ0) is 20.0. The standard InChI is InChI=1S/C20H19N3O4S/c1-27-19-8-3-2-7-18(19)23-20(24)16-5-4-6-17(13-16)28(25,26)22-14-15-9-11-21-12-10-15/h2-13,22H,14H2,1H3,(H,23,24). The average molecular weight is 397 g/mol. The summed E-state index contributed by atoms with van der Waals surface area (Å²) in [6.45, 7) is 0.127. The van der Waals surface area contributed by atoms with Crippen molar-refractivity contribution in [3.05, 3.63) is 84.2 Å². The molecule has 0 atom stereocenters. The van der Waals surface area contributed by atoms with Crippen molar-refractivity contribution in [1.29, 1.82) is 0 Å². The molecule has 0 saturated heterocycles. The third-order valence-corrected chi connectivity index (χ3v) is 5.38. The van der Waals surface area contributed by atoms with E-state index in [1.54, 1.807) is 54.9 Å². The van der Waals surface area contributed by atoms with E-state index >= 15 is 0 Å². The van der Waals surface area contributed by atoms with Gasteiger partial charge in [0, 0.05) is 24.5 Å². The lowest BCUT2D eigenvalue weighted by Gasteiger charge is -2.11. The molecule has 1 heterocycles. The molecule has 0 unspecified atom stereocenters. The van der Waals surface area contributed by atoms with E-state index < -0.39 is 15.9 Å². The second-order valence-corrected chi connectivity index (χ2v) is 7.63. The largest absolute Gasteiger partial charge is 0.495 e. The number of anilines is 1. The third-order valence-electron chi connectivity index (χ3n) is 3.98. The smallest absolute Gasteiger partial charge is 0.255 e. The van der Waals surface area contributed by atoms with Crippen molar-refractivity contribution in [3.63, 3.8) is 0 Å². The highest BCUT2D eigenvalue weighted by molar-refractivity contribution is 7.89. The highest BCUT2D eigenvalue weighted by Crippen LogP contribution is 2.24. The lowest BCUT2D eigenvalue weighted by Crippen LogP contribution is -2.23. The summed E-state index contributed by atoms with van der Waals surface area (Å²) >= 11 is 0. The van der Waals surface area contributed by atoms with Gasteiger partial charge in [0.2, 0.25) is 10.0 Å². The maximum absolute atomic E-state index is 12.6. The molecule has 0 aliphatic rings. The Morgan fingerprint density at radius 2 is 1.79 bits per heavy atom. The fourth-order valence-electron chi connectivity index (χ4n) is 2.51. The van der Waals surface area contributed by atoms with Crippen molar-refractivity contribution in [1.82, 2.24) is 9.71 Å². The molecular formula is C20H19N3O4S. The van der Waals surface area contributed by atoms with Crippen LogP contribution >= 0.6 is 0 Å². The number of rotatable bonds is 7. The van der Waals surface area contributed by atoms with Gasteiger partial charge in [0.05, 0.1) is 17.7 Å². The monoisotopic (exact) mass is 397 g/mol. The van der Waals surface area contributed by atoms with Gasteiger partial charge in [0.1, 0.15) is 5.75 Å². The summed E-state index contributed by atoms with van der Waals surface area (Å²) in [4.78, 5) is 16.5. The minimum atomic E-state index is -3.78. The topological polar surface area (TPSA) is 97.4 Å². The Bertz CT molecular complexity index is 1070. The zero-order valence-corrected chi connectivity index (χ0v) is 15.9. The maximum atomic E-state index is 12.6. The number of para-hydroxylation sites is 2. The number of nitrogens with one attached hydrogen (secondary N) is 2. The van der Waals surface area contributed by atoms with E-state index in [0.717, 1.165) is 5.56 Å². The van der Waals surface area contributed by atoms with E-state index in [1.165, 1.54) is 25.3 Å². The van der Waals surface area contributed by atoms with Crippen molar-refractivity contribution in [3.8, 4) is 5.75 Å². The van der Waals surface area contributed by atoms with Crippen molar-refractivity contribution in [2.75, 3.05) is 12.4 Å². The van der Waals surface area contributed by atoms with E-state index in [-0.39, 0.29) is 17.0 Å². The van der Waals surface area contributed by atoms with E-state index in [1.807, 2.05) is 0 Å². The number of nitrogens with zero attached hydrogens (tertiary/aromatic N) is 1. The predicted molar refractivity (Wildman–Crippen MR) is 106 cm³/mol. The van der Waals surface area contributed by atoms with Gasteiger partial charge in [0.15, 0.2) is 0 Å². The molecule has 7 nitrogen and oxygen atoms in total. The number of carbonyl (C=O) groups excluding carboxylic acids is 1. The van der Waals surface area contributed by atoms with Gasteiger partial charge in [-0.05, 0) is 48.0 Å². The Morgan fingerprint density at radius 1 is 1.04 bits per heavy atom. The molecule has 0 fully saturated rings. The van der Waals surface area contributed by atoms with Crippen molar-refractivity contribution in [2.45, 2.75) is 11.4 Å². The van der Waals surface area contributed by atoms with Crippen LogP contribution in [0.4, 0.5) is 5.69 Å². The van der Waals surface area contributed by atoms with Crippen molar-refractivity contribution in [2.24, 2.45) is 0 Å². The summed E-state index contributed by atoms with van der Waals surface area (Å²) in [5.74, 6) is 0.0781. The normalized spacial score (nSPS) is 11.0. The number of hydrogen-bond acceptors (Lipinski definition) is 5. The molecule has 0 spiro atoms. The first-order valence-electron chi connectivity index (χ1n) is 8.42. The van der Waals surface area contributed by atoms with Crippen LogP contribution in [-0.4, -0.2) is 26.4 Å². The van der Waals surface area contributed by atoms with E-state index in [4.69, 9.17) is 4.74 Å². The van der Waals surface area contributed by atoms with Crippen molar-refractivity contribution < 1.29 is 17.9 Å². The lowest BCUT2D eigenvalue weighted by molar-refractivity contribution is 0.102. The molecule has 0 aliphatic heterocycles. The molecule has 2 aromatic carbocycles. The fraction of sp³-hybridized carbons (Fsp3) is 0.100. The van der Waals surface area contributed by atoms with Gasteiger partial charge in [-0.1, -0.05) is 18.2 Å². The second-order valence-electron chi connectivity index (χ2n) is 5.86. The lowest BCUT2D eigenvalue weighted by atomic mass is 10.2. The quantitative estimate of drug-likeness (QED) is 0.639. The minimum Gasteiger partial charge on any atom is -0.495 e. The molecule has 0 bridgehead atoms. The van der Waals surface area contributed by atoms with Crippen LogP contribution in [0.1, 0.15) is 15.9 Å². The first-order chi connectivity index (χ1) is 13.5. The second kappa shape index (κ2) is 8.64. The molecule has 3 aromatic rings. The molecular weight excluding hydrogens is 378 g/mol. The molecule has 1 aromatic heterocycles. The zero-order valence-electron chi connectivity index (χ0n) is 15.1. The third kappa shape index (κ3) is 4.73. The van der Waals surface area contributed by atoms with E-state index in [0.29, 0.717) is 11.4 Å². The first-order valence-corrected chi connectivity index (χ1v) is 9.91. The summed E-state index contributed by atoms with van der Waals surface area (Å²) in [7, 11) is -2.27. The van der Waals surface area contributed by atoms with Crippen LogP contribution in [-0.2, 0) is 16.6 Å². The molecule has 2 N–H and O–H groups in total. The van der Waals surface area contributed by atoms with Gasteiger partial charge in [0.25, 0.3) is 5.91 Å². The van der Waals surface area contributed by atoms with E-state index in [2.05, 4.69) is 15.0 Å². The summed E-state index contributed by atoms with van der Waals surface area (Å²) in [6.07, 6.45) is 3.18. The van der Waals surface area contributed by atoms with Gasteiger partial charge in [-0.2, -0.15) is 0 Å². The Labute approximate surface area is 163 Å². The first kappa shape index (κ1) is 19.5. The highest BCUT2D eigenvalue weighted by Gasteiger charge is 2.17. The van der Waals surface area contributed by atoms with Gasteiger partial charge < -0.3 is 10.1 Å². The van der Waals surface area contributed by atoms with Crippen LogP contribution in [0, 0.1) is 0 Å². The van der Waals surface area contributed by atoms with Crippen LogP contribution < -0.4 is 14.8 Å². The molecule has 1 amide bonds. The van der Waals surface area contributed by atoms with Crippen LogP contribution in [0.3, 0.4) is 0 Å². The Hall–Kier alpha value is -3.23. The molecule has 0 radical (unpaired) electrons. The molecule has 0 saturated carbocycles. The highest BCUT2D eigenvalue weighted by atomic mass is 32.2. The Kier molecular flexibility index (Phi) is 6.03. The molecule has 8 heteroatoms. The summed E-state index contributed by atoms with van der Waals surface area (Å²) in [6, 6.07) is 16.3. The van der Waals surface area contributed by atoms with Gasteiger partial charge >= 0.3 is 0 Å². The van der Waals surface area contributed by atoms with Crippen LogP contribution in [0.25, 0.3) is 0 Å². The average Bonchev–Trinajstić information content (AvgIpc) is 2.73. The van der Waals surface area contributed by atoms with Crippen LogP contribution in [0.5, 0.6) is 5.75 Å². The molecule has 0 aliphatic carbocycles. The predicted octanol–water partition coefficient (Wildman–Crippen LogP) is 2.82. The summed E-state index contributed by atoms with van der Waals surface area (Å²) in [5, 5.41) is 2.73. The Morgan fingerprint density at radius 3 is 2.54 bits per heavy atom. The number of hydrogen-bond donors (Lipinski definition) is 2. The maximum Gasteiger partial charge on any atom is 0.255 e. The number of sulfonamides is 1. The van der Waals surface area contributed by atoms with Gasteiger partial charge in [-0.25, -0.2) is 13.1 Å². The number of amides is 1. The number of benzene rings is 2. The number of carbonyl (C=O) groups is 1. The van der Waals surface area contributed by atoms with Crippen LogP contribution in [0.2, 0.25) is 0 Å². The number of pyridine rings is 1. The summed E-state index contributed by atoms with van der Waals surface area (Å²) in [5.41, 5.74) is 1.50. The number of methoxy groups -OCH3 is 1. The number of ether oxygens (including phenoxy) is 1. The van der Waals surface area contributed by atoms with Crippen molar-refractivity contribution >= 4 is 21.6 Å². The molecule has 28 heavy (non-hydrogen) atoms. The minimum absolute atomic E-state index is 0.00855. The van der Waals surface area contributed by atoms with E-state index in [9.17, 15) is 13.2 Å². The van der Waals surface area contributed by atoms with Crippen LogP contribution in [0.15, 0.2) is 78.0 Å². The SMILES string of the molecule is COc1ccccc1NC(=O)c1cccc(S(=O)(=O)NCc2ccncc2)c1. The fourth-order valence-corrected chi connectivity index (χ4v) is 3.57. The Balaban J connectivity index is 1.76. The molecule has 144 valence electrons. The summed E-state index contributed by atoms with van der Waals surface area (Å²) < 4.78 is 32.8.